The van der Waals surface area contributed by atoms with Crippen LogP contribution in [0.4, 0.5) is 15.9 Å². The van der Waals surface area contributed by atoms with Gasteiger partial charge < -0.3 is 24.0 Å². The van der Waals surface area contributed by atoms with Crippen molar-refractivity contribution in [1.29, 1.82) is 0 Å². The molecule has 3 saturated heterocycles. The standard InChI is InChI=1S/C25H28FN5O6/c1-12-11-31-20-15(10-25(22(31)13(2)36-12)17(33)9-18(34)27-24(25)35)8-16-21(19(20)26)37-28-23(16)30-6-4-29(5-7-30)14(3)32/h8,12-13,22H,4-7,9-11H2,1-3H3,(H,27,34,35)/t12-,13+,22-,25?/m1/s1. The Hall–Kier alpha value is -3.54. The first-order valence-electron chi connectivity index (χ1n) is 12.5. The molecular formula is C25H28FN5O6. The molecule has 37 heavy (non-hydrogen) atoms. The van der Waals surface area contributed by atoms with Gasteiger partial charge in [-0.05, 0) is 31.9 Å². The lowest BCUT2D eigenvalue weighted by Gasteiger charge is -2.55. The molecule has 2 aromatic rings. The van der Waals surface area contributed by atoms with Gasteiger partial charge in [-0.25, -0.2) is 4.39 Å². The molecule has 1 aromatic heterocycles. The summed E-state index contributed by atoms with van der Waals surface area (Å²) in [7, 11) is 0. The molecule has 4 aliphatic heterocycles. The first-order valence-corrected chi connectivity index (χ1v) is 12.5. The van der Waals surface area contributed by atoms with Gasteiger partial charge in [-0.2, -0.15) is 0 Å². The maximum Gasteiger partial charge on any atom is 0.242 e. The molecule has 3 fully saturated rings. The van der Waals surface area contributed by atoms with Crippen molar-refractivity contribution in [1.82, 2.24) is 15.4 Å². The molecule has 12 heteroatoms. The van der Waals surface area contributed by atoms with Gasteiger partial charge in [0.05, 0.1) is 35.7 Å². The number of piperazine rings is 1. The molecule has 4 aliphatic rings. The Morgan fingerprint density at radius 1 is 1.19 bits per heavy atom. The van der Waals surface area contributed by atoms with Crippen LogP contribution < -0.4 is 15.1 Å². The monoisotopic (exact) mass is 513 g/mol. The largest absolute Gasteiger partial charge is 0.372 e. The number of anilines is 2. The van der Waals surface area contributed by atoms with Gasteiger partial charge in [0.2, 0.25) is 23.3 Å². The highest BCUT2D eigenvalue weighted by Gasteiger charge is 2.62. The Bertz CT molecular complexity index is 1330. The lowest BCUT2D eigenvalue weighted by molar-refractivity contribution is -0.158. The van der Waals surface area contributed by atoms with Gasteiger partial charge in [0, 0.05) is 39.6 Å². The van der Waals surface area contributed by atoms with Crippen LogP contribution >= 0.6 is 0 Å². The highest BCUT2D eigenvalue weighted by atomic mass is 19.1. The van der Waals surface area contributed by atoms with Crippen molar-refractivity contribution < 1.29 is 32.8 Å². The molecule has 0 bridgehead atoms. The molecule has 5 heterocycles. The summed E-state index contributed by atoms with van der Waals surface area (Å²) in [5, 5.41) is 6.96. The number of nitrogens with one attached hydrogen (secondary N) is 1. The fourth-order valence-corrected chi connectivity index (χ4v) is 6.60. The van der Waals surface area contributed by atoms with Crippen LogP contribution in [-0.4, -0.2) is 84.5 Å². The van der Waals surface area contributed by atoms with E-state index in [0.29, 0.717) is 42.9 Å². The van der Waals surface area contributed by atoms with Crippen LogP contribution in [0.1, 0.15) is 32.8 Å². The number of carbonyl (C=O) groups is 4. The SMILES string of the molecule is CC(=O)N1CCN(c2noc3c(F)c4c(cc23)CC2(C(=O)CC(=O)NC2=O)[C@H]2[C@H](C)O[C@H](C)CN42)CC1. The third-order valence-electron chi connectivity index (χ3n) is 8.18. The van der Waals surface area contributed by atoms with Gasteiger partial charge in [-0.3, -0.25) is 24.5 Å². The second-order valence-electron chi connectivity index (χ2n) is 10.4. The van der Waals surface area contributed by atoms with E-state index >= 15 is 4.39 Å². The maximum atomic E-state index is 16.2. The Morgan fingerprint density at radius 3 is 2.59 bits per heavy atom. The molecule has 1 aromatic carbocycles. The van der Waals surface area contributed by atoms with Gasteiger partial charge in [0.15, 0.2) is 17.4 Å². The Labute approximate surface area is 211 Å². The third kappa shape index (κ3) is 3.38. The van der Waals surface area contributed by atoms with Crippen molar-refractivity contribution in [2.75, 3.05) is 42.5 Å². The number of benzene rings is 1. The van der Waals surface area contributed by atoms with Crippen molar-refractivity contribution in [3.05, 3.63) is 17.4 Å². The second-order valence-corrected chi connectivity index (χ2v) is 10.4. The van der Waals surface area contributed by atoms with Crippen LogP contribution in [0, 0.1) is 11.2 Å². The molecular weight excluding hydrogens is 485 g/mol. The summed E-state index contributed by atoms with van der Waals surface area (Å²) < 4.78 is 27.7. The smallest absolute Gasteiger partial charge is 0.242 e. The van der Waals surface area contributed by atoms with Crippen molar-refractivity contribution in [3.8, 4) is 0 Å². The zero-order valence-corrected chi connectivity index (χ0v) is 20.9. The van der Waals surface area contributed by atoms with Gasteiger partial charge in [0.25, 0.3) is 0 Å². The van der Waals surface area contributed by atoms with Crippen LogP contribution in [0.3, 0.4) is 0 Å². The molecule has 3 amide bonds. The van der Waals surface area contributed by atoms with Crippen LogP contribution in [0.25, 0.3) is 11.0 Å². The number of piperidine rings is 1. The minimum atomic E-state index is -1.59. The Kier molecular flexibility index (Phi) is 5.30. The third-order valence-corrected chi connectivity index (χ3v) is 8.18. The summed E-state index contributed by atoms with van der Waals surface area (Å²) in [4.78, 5) is 56.0. The van der Waals surface area contributed by atoms with E-state index in [1.54, 1.807) is 22.8 Å². The average Bonchev–Trinajstić information content (AvgIpc) is 3.26. The number of hydrogen-bond acceptors (Lipinski definition) is 9. The molecule has 4 atom stereocenters. The summed E-state index contributed by atoms with van der Waals surface area (Å²) in [6.07, 6.45) is -1.34. The van der Waals surface area contributed by atoms with E-state index in [2.05, 4.69) is 10.5 Å². The first kappa shape index (κ1) is 23.8. The normalized spacial score (nSPS) is 30.0. The van der Waals surface area contributed by atoms with Crippen LogP contribution in [0.5, 0.6) is 0 Å². The van der Waals surface area contributed by atoms with Crippen LogP contribution in [-0.2, 0) is 30.3 Å². The fourth-order valence-electron chi connectivity index (χ4n) is 6.60. The van der Waals surface area contributed by atoms with Crippen LogP contribution in [0.15, 0.2) is 10.6 Å². The van der Waals surface area contributed by atoms with E-state index in [0.717, 1.165) is 0 Å². The number of imide groups is 1. The van der Waals surface area contributed by atoms with E-state index in [9.17, 15) is 19.2 Å². The van der Waals surface area contributed by atoms with Crippen molar-refractivity contribution >= 4 is 46.0 Å². The molecule has 1 spiro atoms. The molecule has 0 radical (unpaired) electrons. The maximum absolute atomic E-state index is 16.2. The Balaban J connectivity index is 1.49. The number of fused-ring (bicyclic) bond motifs is 5. The van der Waals surface area contributed by atoms with E-state index in [-0.39, 0.29) is 36.2 Å². The van der Waals surface area contributed by atoms with E-state index in [1.807, 2.05) is 11.8 Å². The predicted molar refractivity (Wildman–Crippen MR) is 128 cm³/mol. The summed E-state index contributed by atoms with van der Waals surface area (Å²) in [6.45, 7) is 7.43. The summed E-state index contributed by atoms with van der Waals surface area (Å²) in [6, 6.07) is 0.960. The second kappa shape index (κ2) is 8.23. The summed E-state index contributed by atoms with van der Waals surface area (Å²) >= 11 is 0. The number of ether oxygens (including phenoxy) is 1. The number of nitrogens with zero attached hydrogens (tertiary/aromatic N) is 4. The number of amides is 3. The highest BCUT2D eigenvalue weighted by Crippen LogP contribution is 2.50. The summed E-state index contributed by atoms with van der Waals surface area (Å²) in [5.41, 5.74) is -0.844. The molecule has 196 valence electrons. The van der Waals surface area contributed by atoms with Crippen LogP contribution in [0.2, 0.25) is 0 Å². The molecule has 0 aliphatic carbocycles. The van der Waals surface area contributed by atoms with Crippen molar-refractivity contribution in [2.45, 2.75) is 51.9 Å². The summed E-state index contributed by atoms with van der Waals surface area (Å²) in [5.74, 6) is -1.95. The molecule has 11 nitrogen and oxygen atoms in total. The van der Waals surface area contributed by atoms with E-state index in [4.69, 9.17) is 9.26 Å². The Morgan fingerprint density at radius 2 is 1.92 bits per heavy atom. The quantitative estimate of drug-likeness (QED) is 0.435. The van der Waals surface area contributed by atoms with Gasteiger partial charge in [0.1, 0.15) is 5.41 Å². The lowest BCUT2D eigenvalue weighted by atomic mass is 9.63. The number of aromatic nitrogens is 1. The molecule has 6 rings (SSSR count). The number of morpholine rings is 1. The topological polar surface area (TPSA) is 125 Å². The fraction of sp³-hybridized carbons (Fsp3) is 0.560. The van der Waals surface area contributed by atoms with E-state index in [1.165, 1.54) is 6.92 Å². The average molecular weight is 514 g/mol. The number of halogens is 1. The number of Topliss-reactive ketones (excluding diaryl/α,β-unsaturated/α-hetero) is 1. The molecule has 0 saturated carbocycles. The zero-order valence-electron chi connectivity index (χ0n) is 20.9. The minimum Gasteiger partial charge on any atom is -0.372 e. The first-order chi connectivity index (χ1) is 17.6. The van der Waals surface area contributed by atoms with Gasteiger partial charge >= 0.3 is 0 Å². The minimum absolute atomic E-state index is 0.00107. The van der Waals surface area contributed by atoms with Crippen molar-refractivity contribution in [2.24, 2.45) is 5.41 Å². The number of hydrogen-bond donors (Lipinski definition) is 1. The lowest BCUT2D eigenvalue weighted by Crippen LogP contribution is -2.72. The van der Waals surface area contributed by atoms with E-state index < -0.39 is 47.4 Å². The predicted octanol–water partition coefficient (Wildman–Crippen LogP) is 0.776. The van der Waals surface area contributed by atoms with Gasteiger partial charge in [-0.1, -0.05) is 5.16 Å². The molecule has 1 unspecified atom stereocenters. The molecule has 1 N–H and O–H groups in total. The van der Waals surface area contributed by atoms with Crippen molar-refractivity contribution in [3.63, 3.8) is 0 Å². The zero-order chi connectivity index (χ0) is 26.2. The number of carbonyl (C=O) groups excluding carboxylic acids is 4. The highest BCUT2D eigenvalue weighted by molar-refractivity contribution is 6.22. The number of ketones is 1. The van der Waals surface area contributed by atoms with Gasteiger partial charge in [-0.15, -0.1) is 0 Å². The number of rotatable bonds is 1.